The van der Waals surface area contributed by atoms with Crippen LogP contribution in [0.2, 0.25) is 0 Å². The van der Waals surface area contributed by atoms with Crippen molar-refractivity contribution in [1.82, 2.24) is 4.98 Å². The normalized spacial score (nSPS) is 9.09. The molecular formula is C7H9N3O. The molecule has 1 heterocycles. The Balaban J connectivity index is 2.45. The lowest BCUT2D eigenvalue weighted by Crippen LogP contribution is -2.22. The van der Waals surface area contributed by atoms with Crippen LogP contribution in [0.3, 0.4) is 0 Å². The van der Waals surface area contributed by atoms with E-state index in [0.29, 0.717) is 5.82 Å². The predicted molar refractivity (Wildman–Crippen MR) is 41.9 cm³/mol. The van der Waals surface area contributed by atoms with Crippen LogP contribution in [0.25, 0.3) is 0 Å². The van der Waals surface area contributed by atoms with Crippen LogP contribution >= 0.6 is 0 Å². The van der Waals surface area contributed by atoms with Crippen molar-refractivity contribution in [2.75, 3.05) is 11.9 Å². The van der Waals surface area contributed by atoms with Gasteiger partial charge in [-0.15, -0.1) is 0 Å². The van der Waals surface area contributed by atoms with Crippen LogP contribution in [-0.2, 0) is 4.79 Å². The van der Waals surface area contributed by atoms with E-state index in [1.165, 1.54) is 0 Å². The number of nitrogens with two attached hydrogens (primary N) is 1. The number of primary amides is 1. The third-order valence-electron chi connectivity index (χ3n) is 1.11. The number of carbonyl (C=O) groups is 1. The number of anilines is 1. The first kappa shape index (κ1) is 7.53. The van der Waals surface area contributed by atoms with E-state index in [2.05, 4.69) is 10.3 Å². The fraction of sp³-hybridized carbons (Fsp3) is 0.143. The molecule has 0 aliphatic carbocycles. The third kappa shape index (κ3) is 2.66. The maximum Gasteiger partial charge on any atom is 0.236 e. The van der Waals surface area contributed by atoms with Crippen molar-refractivity contribution >= 4 is 11.7 Å². The van der Waals surface area contributed by atoms with Gasteiger partial charge in [0.15, 0.2) is 0 Å². The minimum absolute atomic E-state index is 0.122. The number of nitrogens with one attached hydrogen (secondary N) is 1. The van der Waals surface area contributed by atoms with Gasteiger partial charge in [0.1, 0.15) is 5.82 Å². The second-order valence-corrected chi connectivity index (χ2v) is 2.03. The first-order valence-electron chi connectivity index (χ1n) is 3.22. The Hall–Kier alpha value is -1.58. The van der Waals surface area contributed by atoms with E-state index in [4.69, 9.17) is 5.73 Å². The molecule has 0 aliphatic heterocycles. The number of amides is 1. The minimum atomic E-state index is -0.393. The first-order valence-corrected chi connectivity index (χ1v) is 3.22. The van der Waals surface area contributed by atoms with Gasteiger partial charge in [-0.1, -0.05) is 6.07 Å². The Morgan fingerprint density at radius 1 is 1.64 bits per heavy atom. The summed E-state index contributed by atoms with van der Waals surface area (Å²) in [5, 5.41) is 2.76. The molecule has 1 amide bonds. The van der Waals surface area contributed by atoms with Gasteiger partial charge in [-0.2, -0.15) is 0 Å². The van der Waals surface area contributed by atoms with Gasteiger partial charge in [0.2, 0.25) is 5.91 Å². The van der Waals surface area contributed by atoms with Crippen LogP contribution in [0.4, 0.5) is 5.82 Å². The van der Waals surface area contributed by atoms with Crippen LogP contribution in [0.15, 0.2) is 24.4 Å². The standard InChI is InChI=1S/C7H9N3O/c8-6(11)5-10-7-3-1-2-4-9-7/h1-4H,5H2,(H2,8,11)(H,9,10). The van der Waals surface area contributed by atoms with Crippen molar-refractivity contribution < 1.29 is 4.79 Å². The molecule has 1 rings (SSSR count). The average molecular weight is 151 g/mol. The summed E-state index contributed by atoms with van der Waals surface area (Å²) < 4.78 is 0. The zero-order chi connectivity index (χ0) is 8.10. The van der Waals surface area contributed by atoms with Gasteiger partial charge >= 0.3 is 0 Å². The summed E-state index contributed by atoms with van der Waals surface area (Å²) in [5.41, 5.74) is 4.91. The highest BCUT2D eigenvalue weighted by molar-refractivity contribution is 5.78. The molecule has 0 unspecified atom stereocenters. The van der Waals surface area contributed by atoms with Gasteiger partial charge in [0, 0.05) is 6.20 Å². The molecule has 3 N–H and O–H groups in total. The van der Waals surface area contributed by atoms with Crippen molar-refractivity contribution in [3.05, 3.63) is 24.4 Å². The highest BCUT2D eigenvalue weighted by Gasteiger charge is 1.93. The van der Waals surface area contributed by atoms with Crippen molar-refractivity contribution in [3.63, 3.8) is 0 Å². The maximum absolute atomic E-state index is 10.3. The molecule has 0 atom stereocenters. The number of carbonyl (C=O) groups excluding carboxylic acids is 1. The van der Waals surface area contributed by atoms with Crippen LogP contribution in [-0.4, -0.2) is 17.4 Å². The summed E-state index contributed by atoms with van der Waals surface area (Å²) in [5.74, 6) is 0.266. The number of nitrogens with zero attached hydrogens (tertiary/aromatic N) is 1. The minimum Gasteiger partial charge on any atom is -0.368 e. The Morgan fingerprint density at radius 3 is 3.00 bits per heavy atom. The average Bonchev–Trinajstić information content (AvgIpc) is 2.03. The summed E-state index contributed by atoms with van der Waals surface area (Å²) in [7, 11) is 0. The largest absolute Gasteiger partial charge is 0.368 e. The van der Waals surface area contributed by atoms with Crippen LogP contribution < -0.4 is 11.1 Å². The summed E-state index contributed by atoms with van der Waals surface area (Å²) >= 11 is 0. The molecule has 58 valence electrons. The van der Waals surface area contributed by atoms with Crippen molar-refractivity contribution in [3.8, 4) is 0 Å². The van der Waals surface area contributed by atoms with Gasteiger partial charge in [0.05, 0.1) is 6.54 Å². The van der Waals surface area contributed by atoms with E-state index in [0.717, 1.165) is 0 Å². The number of hydrogen-bond acceptors (Lipinski definition) is 3. The molecule has 0 aromatic carbocycles. The molecule has 0 saturated heterocycles. The number of hydrogen-bond donors (Lipinski definition) is 2. The SMILES string of the molecule is NC(=O)CNc1ccccn1. The van der Waals surface area contributed by atoms with Crippen molar-refractivity contribution in [2.24, 2.45) is 5.73 Å². The number of rotatable bonds is 3. The summed E-state index contributed by atoms with van der Waals surface area (Å²) in [6.45, 7) is 0.122. The van der Waals surface area contributed by atoms with E-state index in [9.17, 15) is 4.79 Å². The van der Waals surface area contributed by atoms with E-state index in [-0.39, 0.29) is 6.54 Å². The van der Waals surface area contributed by atoms with Crippen LogP contribution in [0.1, 0.15) is 0 Å². The fourth-order valence-corrected chi connectivity index (χ4v) is 0.645. The van der Waals surface area contributed by atoms with Gasteiger partial charge < -0.3 is 11.1 Å². The Kier molecular flexibility index (Phi) is 2.43. The first-order chi connectivity index (χ1) is 5.29. The van der Waals surface area contributed by atoms with E-state index >= 15 is 0 Å². The topological polar surface area (TPSA) is 68.0 Å². The Morgan fingerprint density at radius 2 is 2.45 bits per heavy atom. The smallest absolute Gasteiger partial charge is 0.236 e. The van der Waals surface area contributed by atoms with E-state index in [1.807, 2.05) is 6.07 Å². The predicted octanol–water partition coefficient (Wildman–Crippen LogP) is -0.0212. The molecule has 0 saturated carbocycles. The Labute approximate surface area is 64.4 Å². The van der Waals surface area contributed by atoms with E-state index < -0.39 is 5.91 Å². The highest BCUT2D eigenvalue weighted by Crippen LogP contribution is 1.97. The molecule has 0 radical (unpaired) electrons. The highest BCUT2D eigenvalue weighted by atomic mass is 16.1. The van der Waals surface area contributed by atoms with Crippen LogP contribution in [0.5, 0.6) is 0 Å². The fourth-order valence-electron chi connectivity index (χ4n) is 0.645. The monoisotopic (exact) mass is 151 g/mol. The van der Waals surface area contributed by atoms with Gasteiger partial charge in [-0.25, -0.2) is 4.98 Å². The molecule has 0 aliphatic rings. The van der Waals surface area contributed by atoms with Crippen molar-refractivity contribution in [1.29, 1.82) is 0 Å². The zero-order valence-corrected chi connectivity index (χ0v) is 5.95. The second kappa shape index (κ2) is 3.55. The molecule has 4 heteroatoms. The molecule has 0 spiro atoms. The quantitative estimate of drug-likeness (QED) is 0.637. The molecule has 11 heavy (non-hydrogen) atoms. The van der Waals surface area contributed by atoms with Gasteiger partial charge in [0.25, 0.3) is 0 Å². The molecule has 4 nitrogen and oxygen atoms in total. The second-order valence-electron chi connectivity index (χ2n) is 2.03. The Bertz CT molecular complexity index is 235. The lowest BCUT2D eigenvalue weighted by molar-refractivity contribution is -0.116. The van der Waals surface area contributed by atoms with Crippen molar-refractivity contribution in [2.45, 2.75) is 0 Å². The van der Waals surface area contributed by atoms with Gasteiger partial charge in [-0.3, -0.25) is 4.79 Å². The third-order valence-corrected chi connectivity index (χ3v) is 1.11. The zero-order valence-electron chi connectivity index (χ0n) is 5.95. The molecule has 1 aromatic rings. The van der Waals surface area contributed by atoms with Crippen LogP contribution in [0, 0.1) is 0 Å². The lowest BCUT2D eigenvalue weighted by Gasteiger charge is -1.99. The summed E-state index contributed by atoms with van der Waals surface area (Å²) in [6.07, 6.45) is 1.64. The molecular weight excluding hydrogens is 142 g/mol. The summed E-state index contributed by atoms with van der Waals surface area (Å²) in [6, 6.07) is 5.40. The molecule has 0 fully saturated rings. The number of aromatic nitrogens is 1. The van der Waals surface area contributed by atoms with E-state index in [1.54, 1.807) is 18.3 Å². The molecule has 1 aromatic heterocycles. The molecule has 0 bridgehead atoms. The maximum atomic E-state index is 10.3. The van der Waals surface area contributed by atoms with Gasteiger partial charge in [-0.05, 0) is 12.1 Å². The lowest BCUT2D eigenvalue weighted by atomic mass is 10.4. The number of pyridine rings is 1. The summed E-state index contributed by atoms with van der Waals surface area (Å²) in [4.78, 5) is 14.2.